The van der Waals surface area contributed by atoms with Crippen LogP contribution in [-0.2, 0) is 6.54 Å². The molecule has 0 amide bonds. The number of nitrogens with zero attached hydrogens (tertiary/aromatic N) is 2. The molecule has 0 radical (unpaired) electrons. The minimum absolute atomic E-state index is 0.201. The fourth-order valence-electron chi connectivity index (χ4n) is 0.815. The molecule has 0 saturated carbocycles. The molecule has 1 N–H and O–H groups in total. The highest BCUT2D eigenvalue weighted by molar-refractivity contribution is 9.10. The van der Waals surface area contributed by atoms with Crippen LogP contribution in [0.25, 0.3) is 0 Å². The maximum atomic E-state index is 10.6. The van der Waals surface area contributed by atoms with Crippen LogP contribution in [-0.4, -0.2) is 20.9 Å². The van der Waals surface area contributed by atoms with Gasteiger partial charge in [-0.3, -0.25) is 4.68 Å². The van der Waals surface area contributed by atoms with Gasteiger partial charge in [-0.15, -0.1) is 0 Å². The van der Waals surface area contributed by atoms with Crippen LogP contribution in [0.1, 0.15) is 17.4 Å². The summed E-state index contributed by atoms with van der Waals surface area (Å²) in [5, 5.41) is 12.5. The molecule has 0 aromatic carbocycles. The molecular formula is C6H7BrN2O2. The standard InChI is InChI=1S/C6H7BrN2O2/c1-2-9-5(6(10)11)4(7)3-8-9/h3H,2H2,1H3,(H,10,11). The summed E-state index contributed by atoms with van der Waals surface area (Å²) in [5.41, 5.74) is 0.201. The summed E-state index contributed by atoms with van der Waals surface area (Å²) in [5.74, 6) is -0.962. The van der Waals surface area contributed by atoms with Crippen molar-refractivity contribution in [2.45, 2.75) is 13.5 Å². The minimum atomic E-state index is -0.962. The lowest BCUT2D eigenvalue weighted by Crippen LogP contribution is -2.08. The fraction of sp³-hybridized carbons (Fsp3) is 0.333. The van der Waals surface area contributed by atoms with Crippen molar-refractivity contribution in [2.75, 3.05) is 0 Å². The third-order valence-electron chi connectivity index (χ3n) is 1.30. The second-order valence-electron chi connectivity index (χ2n) is 1.96. The molecule has 0 aliphatic carbocycles. The van der Waals surface area contributed by atoms with Gasteiger partial charge in [0, 0.05) is 6.54 Å². The van der Waals surface area contributed by atoms with Crippen LogP contribution in [0, 0.1) is 0 Å². The number of rotatable bonds is 2. The summed E-state index contributed by atoms with van der Waals surface area (Å²) >= 11 is 3.09. The average molecular weight is 219 g/mol. The Morgan fingerprint density at radius 2 is 2.55 bits per heavy atom. The van der Waals surface area contributed by atoms with Crippen molar-refractivity contribution in [1.29, 1.82) is 0 Å². The molecule has 0 aliphatic rings. The maximum absolute atomic E-state index is 10.6. The van der Waals surface area contributed by atoms with E-state index in [1.165, 1.54) is 10.9 Å². The number of aryl methyl sites for hydroxylation is 1. The van der Waals surface area contributed by atoms with Crippen molar-refractivity contribution in [2.24, 2.45) is 0 Å². The predicted octanol–water partition coefficient (Wildman–Crippen LogP) is 1.36. The van der Waals surface area contributed by atoms with Crippen LogP contribution in [0.15, 0.2) is 10.7 Å². The molecule has 1 rings (SSSR count). The van der Waals surface area contributed by atoms with Gasteiger partial charge in [-0.25, -0.2) is 4.79 Å². The van der Waals surface area contributed by atoms with Crippen LogP contribution in [0.5, 0.6) is 0 Å². The molecule has 5 heteroatoms. The molecule has 0 atom stereocenters. The highest BCUT2D eigenvalue weighted by Gasteiger charge is 2.13. The molecule has 0 spiro atoms. The molecule has 1 aromatic heterocycles. The van der Waals surface area contributed by atoms with Gasteiger partial charge in [0.2, 0.25) is 0 Å². The minimum Gasteiger partial charge on any atom is -0.476 e. The first kappa shape index (κ1) is 8.26. The van der Waals surface area contributed by atoms with Crippen molar-refractivity contribution < 1.29 is 9.90 Å². The second-order valence-corrected chi connectivity index (χ2v) is 2.82. The van der Waals surface area contributed by atoms with Crippen LogP contribution >= 0.6 is 15.9 Å². The monoisotopic (exact) mass is 218 g/mol. The van der Waals surface area contributed by atoms with Crippen LogP contribution in [0.2, 0.25) is 0 Å². The molecule has 0 saturated heterocycles. The zero-order valence-electron chi connectivity index (χ0n) is 5.91. The van der Waals surface area contributed by atoms with E-state index in [-0.39, 0.29) is 5.69 Å². The number of carbonyl (C=O) groups is 1. The quantitative estimate of drug-likeness (QED) is 0.816. The highest BCUT2D eigenvalue weighted by atomic mass is 79.9. The van der Waals surface area contributed by atoms with Crippen molar-refractivity contribution in [1.82, 2.24) is 9.78 Å². The van der Waals surface area contributed by atoms with E-state index >= 15 is 0 Å². The summed E-state index contributed by atoms with van der Waals surface area (Å²) in [7, 11) is 0. The van der Waals surface area contributed by atoms with Crippen molar-refractivity contribution in [3.63, 3.8) is 0 Å². The van der Waals surface area contributed by atoms with E-state index in [9.17, 15) is 4.79 Å². The molecule has 0 aliphatic heterocycles. The number of carboxylic acids is 1. The van der Waals surface area contributed by atoms with Crippen molar-refractivity contribution >= 4 is 21.9 Å². The SMILES string of the molecule is CCn1ncc(Br)c1C(=O)O. The first-order valence-electron chi connectivity index (χ1n) is 3.11. The predicted molar refractivity (Wildman–Crippen MR) is 42.6 cm³/mol. The first-order valence-corrected chi connectivity index (χ1v) is 3.90. The van der Waals surface area contributed by atoms with Crippen molar-refractivity contribution in [3.05, 3.63) is 16.4 Å². The van der Waals surface area contributed by atoms with E-state index < -0.39 is 5.97 Å². The van der Waals surface area contributed by atoms with E-state index in [4.69, 9.17) is 5.11 Å². The largest absolute Gasteiger partial charge is 0.476 e. The Kier molecular flexibility index (Phi) is 2.28. The molecule has 0 unspecified atom stereocenters. The average Bonchev–Trinajstić information content (AvgIpc) is 2.30. The van der Waals surface area contributed by atoms with E-state index in [1.807, 2.05) is 6.92 Å². The Labute approximate surface area is 72.0 Å². The molecule has 1 aromatic rings. The zero-order valence-corrected chi connectivity index (χ0v) is 7.50. The Morgan fingerprint density at radius 3 is 2.91 bits per heavy atom. The second kappa shape index (κ2) is 3.04. The number of halogens is 1. The molecule has 0 bridgehead atoms. The third kappa shape index (κ3) is 1.42. The number of aromatic nitrogens is 2. The highest BCUT2D eigenvalue weighted by Crippen LogP contribution is 2.15. The lowest BCUT2D eigenvalue weighted by molar-refractivity contribution is 0.0682. The Bertz CT molecular complexity index is 282. The normalized spacial score (nSPS) is 10.0. The Morgan fingerprint density at radius 1 is 1.91 bits per heavy atom. The summed E-state index contributed by atoms with van der Waals surface area (Å²) in [6.45, 7) is 2.40. The van der Waals surface area contributed by atoms with Gasteiger partial charge in [-0.05, 0) is 22.9 Å². The molecule has 60 valence electrons. The number of carboxylic acid groups (broad SMARTS) is 1. The summed E-state index contributed by atoms with van der Waals surface area (Å²) < 4.78 is 1.94. The molecule has 4 nitrogen and oxygen atoms in total. The smallest absolute Gasteiger partial charge is 0.355 e. The van der Waals surface area contributed by atoms with E-state index in [0.717, 1.165) is 0 Å². The summed E-state index contributed by atoms with van der Waals surface area (Å²) in [6, 6.07) is 0. The first-order chi connectivity index (χ1) is 5.16. The molecular weight excluding hydrogens is 212 g/mol. The molecule has 1 heterocycles. The lowest BCUT2D eigenvalue weighted by atomic mass is 10.4. The van der Waals surface area contributed by atoms with E-state index in [2.05, 4.69) is 21.0 Å². The molecule has 0 fully saturated rings. The van der Waals surface area contributed by atoms with Gasteiger partial charge in [-0.1, -0.05) is 0 Å². The fourth-order valence-corrected chi connectivity index (χ4v) is 1.28. The van der Waals surface area contributed by atoms with Gasteiger partial charge in [0.05, 0.1) is 10.7 Å². The lowest BCUT2D eigenvalue weighted by Gasteiger charge is -1.98. The van der Waals surface area contributed by atoms with Gasteiger partial charge in [0.25, 0.3) is 0 Å². The molecule has 11 heavy (non-hydrogen) atoms. The van der Waals surface area contributed by atoms with Crippen LogP contribution in [0.4, 0.5) is 0 Å². The Balaban J connectivity index is 3.17. The number of aromatic carboxylic acids is 1. The van der Waals surface area contributed by atoms with Gasteiger partial charge < -0.3 is 5.11 Å². The number of hydrogen-bond donors (Lipinski definition) is 1. The topological polar surface area (TPSA) is 55.1 Å². The van der Waals surface area contributed by atoms with Gasteiger partial charge in [0.15, 0.2) is 5.69 Å². The van der Waals surface area contributed by atoms with Gasteiger partial charge >= 0.3 is 5.97 Å². The maximum Gasteiger partial charge on any atom is 0.355 e. The third-order valence-corrected chi connectivity index (χ3v) is 1.88. The summed E-state index contributed by atoms with van der Waals surface area (Å²) in [6.07, 6.45) is 1.48. The van der Waals surface area contributed by atoms with Crippen molar-refractivity contribution in [3.8, 4) is 0 Å². The number of hydrogen-bond acceptors (Lipinski definition) is 2. The summed E-state index contributed by atoms with van der Waals surface area (Å²) in [4.78, 5) is 10.6. The van der Waals surface area contributed by atoms with Gasteiger partial charge in [0.1, 0.15) is 0 Å². The van der Waals surface area contributed by atoms with Crippen LogP contribution < -0.4 is 0 Å². The van der Waals surface area contributed by atoms with E-state index in [0.29, 0.717) is 11.0 Å². The van der Waals surface area contributed by atoms with Crippen LogP contribution in [0.3, 0.4) is 0 Å². The zero-order chi connectivity index (χ0) is 8.43. The van der Waals surface area contributed by atoms with Gasteiger partial charge in [-0.2, -0.15) is 5.10 Å². The Hall–Kier alpha value is -0.840. The van der Waals surface area contributed by atoms with E-state index in [1.54, 1.807) is 0 Å².